The molecule has 0 saturated heterocycles. The summed E-state index contributed by atoms with van der Waals surface area (Å²) in [5.41, 5.74) is 0.0740. The van der Waals surface area contributed by atoms with Crippen molar-refractivity contribution in [2.75, 3.05) is 0 Å². The Morgan fingerprint density at radius 3 is 2.82 bits per heavy atom. The number of carbonyl (C=O) groups is 1. The maximum Gasteiger partial charge on any atom is 0.198 e. The van der Waals surface area contributed by atoms with E-state index in [1.807, 2.05) is 0 Å². The van der Waals surface area contributed by atoms with Crippen molar-refractivity contribution in [1.29, 1.82) is 0 Å². The van der Waals surface area contributed by atoms with Gasteiger partial charge in [0, 0.05) is 17.0 Å². The molecule has 0 bridgehead atoms. The predicted molar refractivity (Wildman–Crippen MR) is 77.8 cm³/mol. The summed E-state index contributed by atoms with van der Waals surface area (Å²) in [7, 11) is 0. The summed E-state index contributed by atoms with van der Waals surface area (Å²) in [5, 5.41) is 3.43. The topological polar surface area (TPSA) is 80.4 Å². The lowest BCUT2D eigenvalue weighted by Gasteiger charge is -2.09. The van der Waals surface area contributed by atoms with Crippen molar-refractivity contribution in [3.05, 3.63) is 51.6 Å². The minimum Gasteiger partial charge on any atom is -0.360 e. The van der Waals surface area contributed by atoms with Gasteiger partial charge in [-0.25, -0.2) is 8.60 Å². The molecule has 116 valence electrons. The minimum atomic E-state index is -2.30. The summed E-state index contributed by atoms with van der Waals surface area (Å²) in [4.78, 5) is 12.6. The highest BCUT2D eigenvalue weighted by atomic mass is 35.5. The van der Waals surface area contributed by atoms with E-state index in [1.165, 1.54) is 18.3 Å². The quantitative estimate of drug-likeness (QED) is 0.665. The fourth-order valence-corrected chi connectivity index (χ4v) is 2.98. The number of hydrogen-bond donors (Lipinski definition) is 1. The number of benzene rings is 1. The van der Waals surface area contributed by atoms with E-state index in [0.29, 0.717) is 5.76 Å². The van der Waals surface area contributed by atoms with Crippen molar-refractivity contribution in [2.24, 2.45) is 0 Å². The van der Waals surface area contributed by atoms with Crippen molar-refractivity contribution < 1.29 is 22.5 Å². The SMILES string of the molecule is O=C(c1cnoc1C1CC1)c1ccc(Cl)c(F)c1CS(=O)O. The molecule has 1 aliphatic rings. The van der Waals surface area contributed by atoms with Gasteiger partial charge in [-0.05, 0) is 25.0 Å². The van der Waals surface area contributed by atoms with Gasteiger partial charge in [0.25, 0.3) is 0 Å². The Kier molecular flexibility index (Phi) is 4.12. The molecule has 0 amide bonds. The van der Waals surface area contributed by atoms with Crippen LogP contribution in [0.15, 0.2) is 22.9 Å². The van der Waals surface area contributed by atoms with E-state index < -0.39 is 28.4 Å². The fourth-order valence-electron chi connectivity index (χ4n) is 2.27. The maximum atomic E-state index is 14.1. The van der Waals surface area contributed by atoms with Crippen LogP contribution in [0.5, 0.6) is 0 Å². The van der Waals surface area contributed by atoms with Crippen molar-refractivity contribution in [2.45, 2.75) is 24.5 Å². The molecule has 3 rings (SSSR count). The van der Waals surface area contributed by atoms with E-state index >= 15 is 0 Å². The third-order valence-electron chi connectivity index (χ3n) is 3.50. The molecule has 1 N–H and O–H groups in total. The molecular weight excluding hydrogens is 333 g/mol. The lowest BCUT2D eigenvalue weighted by atomic mass is 9.98. The average molecular weight is 344 g/mol. The smallest absolute Gasteiger partial charge is 0.198 e. The van der Waals surface area contributed by atoms with Crippen LogP contribution in [-0.4, -0.2) is 19.7 Å². The van der Waals surface area contributed by atoms with Crippen LogP contribution < -0.4 is 0 Å². The monoisotopic (exact) mass is 343 g/mol. The zero-order chi connectivity index (χ0) is 15.9. The molecule has 8 heteroatoms. The van der Waals surface area contributed by atoms with Crippen LogP contribution in [0.1, 0.15) is 46.0 Å². The number of rotatable bonds is 5. The number of halogens is 2. The Balaban J connectivity index is 2.06. The largest absolute Gasteiger partial charge is 0.360 e. The average Bonchev–Trinajstić information content (AvgIpc) is 3.20. The van der Waals surface area contributed by atoms with Gasteiger partial charge >= 0.3 is 0 Å². The molecule has 0 radical (unpaired) electrons. The predicted octanol–water partition coefficient (Wildman–Crippen LogP) is 3.30. The van der Waals surface area contributed by atoms with Gasteiger partial charge in [0.15, 0.2) is 22.6 Å². The molecule has 5 nitrogen and oxygen atoms in total. The van der Waals surface area contributed by atoms with E-state index in [4.69, 9.17) is 20.7 Å². The van der Waals surface area contributed by atoms with Crippen molar-refractivity contribution in [3.8, 4) is 0 Å². The molecule has 1 atom stereocenters. The van der Waals surface area contributed by atoms with E-state index in [9.17, 15) is 13.4 Å². The van der Waals surface area contributed by atoms with Gasteiger partial charge in [0.05, 0.1) is 22.5 Å². The fraction of sp³-hybridized carbons (Fsp3) is 0.286. The second kappa shape index (κ2) is 5.91. The Bertz CT molecular complexity index is 772. The number of hydrogen-bond acceptors (Lipinski definition) is 4. The lowest BCUT2D eigenvalue weighted by Crippen LogP contribution is -2.10. The zero-order valence-corrected chi connectivity index (χ0v) is 12.8. The normalized spacial score (nSPS) is 15.8. The van der Waals surface area contributed by atoms with Crippen molar-refractivity contribution in [3.63, 3.8) is 0 Å². The molecule has 0 aliphatic heterocycles. The second-order valence-corrected chi connectivity index (χ2v) is 6.40. The third kappa shape index (κ3) is 2.84. The second-order valence-electron chi connectivity index (χ2n) is 5.06. The molecule has 1 aromatic heterocycles. The molecule has 2 aromatic rings. The van der Waals surface area contributed by atoms with Crippen LogP contribution >= 0.6 is 11.6 Å². The van der Waals surface area contributed by atoms with E-state index in [2.05, 4.69) is 5.16 Å². The summed E-state index contributed by atoms with van der Waals surface area (Å²) in [6.45, 7) is 0. The first kappa shape index (κ1) is 15.3. The first-order valence-electron chi connectivity index (χ1n) is 6.52. The summed E-state index contributed by atoms with van der Waals surface area (Å²) >= 11 is 3.39. The van der Waals surface area contributed by atoms with E-state index in [1.54, 1.807) is 0 Å². The van der Waals surface area contributed by atoms with Crippen LogP contribution in [-0.2, 0) is 16.8 Å². The molecule has 1 fully saturated rings. The van der Waals surface area contributed by atoms with Gasteiger partial charge in [-0.3, -0.25) is 4.79 Å². The molecular formula is C14H11ClFNO4S. The van der Waals surface area contributed by atoms with Gasteiger partial charge in [0.1, 0.15) is 5.82 Å². The minimum absolute atomic E-state index is 0.00519. The highest BCUT2D eigenvalue weighted by Gasteiger charge is 2.33. The zero-order valence-electron chi connectivity index (χ0n) is 11.2. The number of carbonyl (C=O) groups excluding carboxylic acids is 1. The van der Waals surface area contributed by atoms with Crippen LogP contribution in [0, 0.1) is 5.82 Å². The number of aromatic nitrogens is 1. The Labute approximate surface area is 132 Å². The molecule has 22 heavy (non-hydrogen) atoms. The number of ketones is 1. The van der Waals surface area contributed by atoms with E-state index in [-0.39, 0.29) is 27.6 Å². The highest BCUT2D eigenvalue weighted by molar-refractivity contribution is 7.78. The Morgan fingerprint density at radius 1 is 1.45 bits per heavy atom. The third-order valence-corrected chi connectivity index (χ3v) is 4.33. The first-order chi connectivity index (χ1) is 10.5. The Hall–Kier alpha value is -1.57. The molecule has 1 heterocycles. The van der Waals surface area contributed by atoms with Gasteiger partial charge in [-0.15, -0.1) is 0 Å². The summed E-state index contributed by atoms with van der Waals surface area (Å²) in [5.74, 6) is -1.22. The molecule has 1 aromatic carbocycles. The molecule has 1 unspecified atom stereocenters. The standard InChI is InChI=1S/C14H11ClFNO4S/c15-11-4-3-8(10(12(11)16)6-22(19)20)13(18)9-5-17-21-14(9)7-1-2-7/h3-5,7H,1-2,6H2,(H,19,20). The lowest BCUT2D eigenvalue weighted by molar-refractivity contribution is 0.103. The van der Waals surface area contributed by atoms with Gasteiger partial charge in [0.2, 0.25) is 0 Å². The Morgan fingerprint density at radius 2 is 2.18 bits per heavy atom. The molecule has 1 saturated carbocycles. The highest BCUT2D eigenvalue weighted by Crippen LogP contribution is 2.42. The van der Waals surface area contributed by atoms with Gasteiger partial charge < -0.3 is 9.08 Å². The summed E-state index contributed by atoms with van der Waals surface area (Å²) < 4.78 is 39.3. The molecule has 1 aliphatic carbocycles. The van der Waals surface area contributed by atoms with Crippen LogP contribution in [0.4, 0.5) is 4.39 Å². The van der Waals surface area contributed by atoms with Crippen molar-refractivity contribution in [1.82, 2.24) is 5.16 Å². The number of nitrogens with zero attached hydrogens (tertiary/aromatic N) is 1. The summed E-state index contributed by atoms with van der Waals surface area (Å²) in [6, 6.07) is 2.60. The first-order valence-corrected chi connectivity index (χ1v) is 8.18. The molecule has 0 spiro atoms. The van der Waals surface area contributed by atoms with Gasteiger partial charge in [-0.1, -0.05) is 16.8 Å². The maximum absolute atomic E-state index is 14.1. The van der Waals surface area contributed by atoms with Crippen LogP contribution in [0.25, 0.3) is 0 Å². The van der Waals surface area contributed by atoms with E-state index in [0.717, 1.165) is 12.8 Å². The van der Waals surface area contributed by atoms with Crippen LogP contribution in [0.3, 0.4) is 0 Å². The van der Waals surface area contributed by atoms with Crippen molar-refractivity contribution >= 4 is 28.5 Å². The van der Waals surface area contributed by atoms with Gasteiger partial charge in [-0.2, -0.15) is 0 Å². The van der Waals surface area contributed by atoms with Crippen LogP contribution in [0.2, 0.25) is 5.02 Å². The summed E-state index contributed by atoms with van der Waals surface area (Å²) in [6.07, 6.45) is 3.12.